The molecule has 1 N–H and O–H groups in total. The molecule has 1 aromatic carbocycles. The molecule has 10 heteroatoms. The number of nitrogens with one attached hydrogen (secondary N) is 1. The first-order chi connectivity index (χ1) is 13.3. The number of carbonyl (C=O) groups excluding carboxylic acids is 1. The molecule has 1 unspecified atom stereocenters. The van der Waals surface area contributed by atoms with Gasteiger partial charge in [-0.3, -0.25) is 19.7 Å². The summed E-state index contributed by atoms with van der Waals surface area (Å²) in [5, 5.41) is 22.0. The largest absolute Gasteiger partial charge is 0.324 e. The predicted octanol–water partition coefficient (Wildman–Crippen LogP) is 2.15. The normalized spacial score (nSPS) is 11.8. The Morgan fingerprint density at radius 2 is 1.93 bits per heavy atom. The van der Waals surface area contributed by atoms with Crippen molar-refractivity contribution in [1.29, 1.82) is 0 Å². The average molecular weight is 382 g/mol. The van der Waals surface area contributed by atoms with E-state index in [1.54, 1.807) is 4.68 Å². The second-order valence-electron chi connectivity index (χ2n) is 6.29. The Morgan fingerprint density at radius 1 is 1.18 bits per heavy atom. The van der Waals surface area contributed by atoms with Gasteiger partial charge in [0.15, 0.2) is 5.82 Å². The minimum atomic E-state index is -0.941. The van der Waals surface area contributed by atoms with Crippen LogP contribution in [0.4, 0.5) is 11.4 Å². The van der Waals surface area contributed by atoms with Gasteiger partial charge < -0.3 is 5.32 Å². The van der Waals surface area contributed by atoms with Crippen molar-refractivity contribution in [3.63, 3.8) is 0 Å². The number of rotatable bonds is 5. The summed E-state index contributed by atoms with van der Waals surface area (Å²) < 4.78 is 2.63. The lowest BCUT2D eigenvalue weighted by molar-refractivity contribution is -0.384. The van der Waals surface area contributed by atoms with Gasteiger partial charge in [0.25, 0.3) is 11.2 Å². The molecule has 0 aliphatic rings. The molecule has 28 heavy (non-hydrogen) atoms. The SMILES string of the molecule is Cc1cc(C)n(-c2ccc(=O)n(C(C)C(=O)Nc3cccc([N+](=O)[O-])c3)n2)n1. The van der Waals surface area contributed by atoms with Crippen LogP contribution < -0.4 is 10.9 Å². The zero-order valence-corrected chi connectivity index (χ0v) is 15.5. The van der Waals surface area contributed by atoms with Crippen LogP contribution in [0.3, 0.4) is 0 Å². The Morgan fingerprint density at radius 3 is 2.57 bits per heavy atom. The Bertz CT molecular complexity index is 1120. The highest BCUT2D eigenvalue weighted by Crippen LogP contribution is 2.18. The predicted molar refractivity (Wildman–Crippen MR) is 102 cm³/mol. The average Bonchev–Trinajstić information content (AvgIpc) is 3.00. The summed E-state index contributed by atoms with van der Waals surface area (Å²) >= 11 is 0. The number of nitro groups is 1. The number of hydrogen-bond donors (Lipinski definition) is 1. The maximum absolute atomic E-state index is 12.6. The molecule has 0 bridgehead atoms. The Labute approximate surface area is 159 Å². The van der Waals surface area contributed by atoms with Crippen molar-refractivity contribution in [2.45, 2.75) is 26.8 Å². The van der Waals surface area contributed by atoms with Crippen molar-refractivity contribution >= 4 is 17.3 Å². The van der Waals surface area contributed by atoms with Crippen LogP contribution in [-0.4, -0.2) is 30.4 Å². The fourth-order valence-corrected chi connectivity index (χ4v) is 2.72. The van der Waals surface area contributed by atoms with Crippen molar-refractivity contribution < 1.29 is 9.72 Å². The molecule has 10 nitrogen and oxygen atoms in total. The lowest BCUT2D eigenvalue weighted by Crippen LogP contribution is -2.33. The third kappa shape index (κ3) is 3.80. The van der Waals surface area contributed by atoms with E-state index in [2.05, 4.69) is 15.5 Å². The molecule has 1 amide bonds. The highest BCUT2D eigenvalue weighted by Gasteiger charge is 2.19. The zero-order valence-electron chi connectivity index (χ0n) is 15.5. The van der Waals surface area contributed by atoms with E-state index < -0.39 is 22.4 Å². The highest BCUT2D eigenvalue weighted by molar-refractivity contribution is 5.93. The summed E-state index contributed by atoms with van der Waals surface area (Å²) in [5.41, 5.74) is 1.30. The molecule has 3 rings (SSSR count). The maximum Gasteiger partial charge on any atom is 0.271 e. The van der Waals surface area contributed by atoms with Crippen LogP contribution in [-0.2, 0) is 4.79 Å². The highest BCUT2D eigenvalue weighted by atomic mass is 16.6. The van der Waals surface area contributed by atoms with E-state index in [4.69, 9.17) is 0 Å². The van der Waals surface area contributed by atoms with Crippen LogP contribution in [0.5, 0.6) is 0 Å². The zero-order chi connectivity index (χ0) is 20.4. The molecule has 1 atom stereocenters. The van der Waals surface area contributed by atoms with E-state index in [1.807, 2.05) is 19.9 Å². The van der Waals surface area contributed by atoms with Gasteiger partial charge in [0.1, 0.15) is 6.04 Å². The number of hydrogen-bond acceptors (Lipinski definition) is 6. The van der Waals surface area contributed by atoms with Crippen LogP contribution in [0.15, 0.2) is 47.3 Å². The number of benzene rings is 1. The number of aromatic nitrogens is 4. The molecular formula is C18H18N6O4. The third-order valence-corrected chi connectivity index (χ3v) is 4.11. The minimum Gasteiger partial charge on any atom is -0.324 e. The van der Waals surface area contributed by atoms with Gasteiger partial charge in [0.2, 0.25) is 5.91 Å². The molecule has 2 heterocycles. The summed E-state index contributed by atoms with van der Waals surface area (Å²) in [4.78, 5) is 35.1. The molecule has 0 aliphatic heterocycles. The van der Waals surface area contributed by atoms with E-state index in [-0.39, 0.29) is 11.4 Å². The Kier molecular flexibility index (Phi) is 5.03. The maximum atomic E-state index is 12.6. The standard InChI is InChI=1S/C18H18N6O4/c1-11-9-12(2)22(20-11)16-7-8-17(25)23(21-16)13(3)18(26)19-14-5-4-6-15(10-14)24(27)28/h4-10,13H,1-3H3,(H,19,26). The molecule has 3 aromatic rings. The van der Waals surface area contributed by atoms with Crippen LogP contribution in [0.1, 0.15) is 24.4 Å². The molecule has 144 valence electrons. The molecule has 0 fully saturated rings. The Hall–Kier alpha value is -3.82. The lowest BCUT2D eigenvalue weighted by Gasteiger charge is -2.15. The van der Waals surface area contributed by atoms with Gasteiger partial charge in [0.05, 0.1) is 10.6 Å². The first-order valence-electron chi connectivity index (χ1n) is 8.45. The molecule has 0 radical (unpaired) electrons. The van der Waals surface area contributed by atoms with Gasteiger partial charge >= 0.3 is 0 Å². The van der Waals surface area contributed by atoms with Crippen molar-refractivity contribution in [1.82, 2.24) is 19.6 Å². The summed E-state index contributed by atoms with van der Waals surface area (Å²) in [6.07, 6.45) is 0. The first-order valence-corrected chi connectivity index (χ1v) is 8.45. The van der Waals surface area contributed by atoms with Crippen LogP contribution in [0.25, 0.3) is 5.82 Å². The van der Waals surface area contributed by atoms with Crippen molar-refractivity contribution in [3.05, 3.63) is 74.3 Å². The van der Waals surface area contributed by atoms with Gasteiger partial charge in [-0.1, -0.05) is 6.07 Å². The number of non-ortho nitro benzene ring substituents is 1. The summed E-state index contributed by atoms with van der Waals surface area (Å²) in [5.74, 6) is -0.124. The van der Waals surface area contributed by atoms with Gasteiger partial charge in [-0.15, -0.1) is 5.10 Å². The minimum absolute atomic E-state index is 0.146. The fourth-order valence-electron chi connectivity index (χ4n) is 2.72. The van der Waals surface area contributed by atoms with E-state index in [0.717, 1.165) is 16.1 Å². The van der Waals surface area contributed by atoms with Crippen molar-refractivity contribution in [2.24, 2.45) is 0 Å². The molecule has 0 saturated carbocycles. The van der Waals surface area contributed by atoms with E-state index in [0.29, 0.717) is 5.82 Å². The van der Waals surface area contributed by atoms with Crippen LogP contribution in [0, 0.1) is 24.0 Å². The molecule has 0 saturated heterocycles. The summed E-state index contributed by atoms with van der Waals surface area (Å²) in [6, 6.07) is 9.33. The second kappa shape index (κ2) is 7.43. The summed E-state index contributed by atoms with van der Waals surface area (Å²) in [6.45, 7) is 5.22. The number of nitrogens with zero attached hydrogens (tertiary/aromatic N) is 5. The van der Waals surface area contributed by atoms with E-state index >= 15 is 0 Å². The quantitative estimate of drug-likeness (QED) is 0.532. The number of nitro benzene ring substituents is 1. The molecule has 0 aliphatic carbocycles. The molecular weight excluding hydrogens is 364 g/mol. The monoisotopic (exact) mass is 382 g/mol. The van der Waals surface area contributed by atoms with Gasteiger partial charge in [-0.25, -0.2) is 9.36 Å². The molecule has 0 spiro atoms. The fraction of sp³-hybridized carbons (Fsp3) is 0.222. The van der Waals surface area contributed by atoms with Crippen molar-refractivity contribution in [2.75, 3.05) is 5.32 Å². The van der Waals surface area contributed by atoms with Gasteiger partial charge in [-0.2, -0.15) is 5.10 Å². The van der Waals surface area contributed by atoms with Crippen LogP contribution >= 0.6 is 0 Å². The topological polar surface area (TPSA) is 125 Å². The van der Waals surface area contributed by atoms with Gasteiger partial charge in [0, 0.05) is 29.6 Å². The van der Waals surface area contributed by atoms with Gasteiger partial charge in [-0.05, 0) is 39.0 Å². The van der Waals surface area contributed by atoms with E-state index in [1.165, 1.54) is 43.3 Å². The number of anilines is 1. The molecule has 2 aromatic heterocycles. The third-order valence-electron chi connectivity index (χ3n) is 4.11. The second-order valence-corrected chi connectivity index (χ2v) is 6.29. The van der Waals surface area contributed by atoms with Crippen molar-refractivity contribution in [3.8, 4) is 5.82 Å². The number of amides is 1. The Balaban J connectivity index is 1.88. The number of aryl methyl sites for hydroxylation is 2. The lowest BCUT2D eigenvalue weighted by atomic mass is 10.2. The first kappa shape index (κ1) is 19.0. The smallest absolute Gasteiger partial charge is 0.271 e. The summed E-state index contributed by atoms with van der Waals surface area (Å²) in [7, 11) is 0. The number of carbonyl (C=O) groups is 1. The van der Waals surface area contributed by atoms with Crippen LogP contribution in [0.2, 0.25) is 0 Å². The van der Waals surface area contributed by atoms with E-state index in [9.17, 15) is 19.7 Å².